The van der Waals surface area contributed by atoms with Crippen LogP contribution in [0.2, 0.25) is 0 Å². The lowest BCUT2D eigenvalue weighted by atomic mass is 10.1. The molecule has 0 aromatic heterocycles. The van der Waals surface area contributed by atoms with Crippen molar-refractivity contribution in [3.63, 3.8) is 0 Å². The Morgan fingerprint density at radius 2 is 1.66 bits per heavy atom. The second kappa shape index (κ2) is 8.30. The summed E-state index contributed by atoms with van der Waals surface area (Å²) in [6.07, 6.45) is 0.542. The van der Waals surface area contributed by atoms with Gasteiger partial charge in [-0.15, -0.1) is 0 Å². The molecule has 3 rings (SSSR count). The molecule has 0 atom stereocenters. The summed E-state index contributed by atoms with van der Waals surface area (Å²) in [5.41, 5.74) is 0.904. The van der Waals surface area contributed by atoms with Crippen LogP contribution in [-0.2, 0) is 20.9 Å². The predicted molar refractivity (Wildman–Crippen MR) is 106 cm³/mol. The minimum absolute atomic E-state index is 0.159. The van der Waals surface area contributed by atoms with Gasteiger partial charge >= 0.3 is 17.8 Å². The smallest absolute Gasteiger partial charge is 0.334 e. The number of amides is 5. The van der Waals surface area contributed by atoms with Crippen LogP contribution in [0.5, 0.6) is 5.75 Å². The maximum Gasteiger partial charge on any atom is 0.334 e. The fraction of sp³-hybridized carbons (Fsp3) is 0.333. The number of urea groups is 1. The molecule has 0 saturated carbocycles. The number of hydrogen-bond acceptors (Lipinski definition) is 5. The number of methoxy groups -OCH3 is 1. The highest BCUT2D eigenvalue weighted by atomic mass is 16.5. The number of benzene rings is 2. The van der Waals surface area contributed by atoms with Gasteiger partial charge in [-0.1, -0.05) is 25.1 Å². The molecule has 0 aliphatic carbocycles. The molecule has 8 nitrogen and oxygen atoms in total. The number of hydrogen-bond donors (Lipinski definition) is 0. The van der Waals surface area contributed by atoms with Gasteiger partial charge in [-0.05, 0) is 41.0 Å². The molecule has 1 heterocycles. The van der Waals surface area contributed by atoms with Crippen LogP contribution in [0.25, 0.3) is 10.8 Å². The molecular weight excluding hydrogens is 374 g/mol. The Morgan fingerprint density at radius 3 is 2.34 bits per heavy atom. The Kier molecular flexibility index (Phi) is 5.81. The van der Waals surface area contributed by atoms with Crippen molar-refractivity contribution in [1.82, 2.24) is 14.7 Å². The van der Waals surface area contributed by atoms with Crippen LogP contribution in [0, 0.1) is 0 Å². The lowest BCUT2D eigenvalue weighted by molar-refractivity contribution is -0.144. The quantitative estimate of drug-likeness (QED) is 0.527. The molecule has 2 aromatic carbocycles. The van der Waals surface area contributed by atoms with E-state index in [1.54, 1.807) is 21.1 Å². The van der Waals surface area contributed by atoms with Gasteiger partial charge in [-0.25, -0.2) is 9.69 Å². The van der Waals surface area contributed by atoms with E-state index in [0.717, 1.165) is 27.0 Å². The van der Waals surface area contributed by atoms with Crippen molar-refractivity contribution in [2.75, 3.05) is 27.2 Å². The van der Waals surface area contributed by atoms with Gasteiger partial charge in [0.25, 0.3) is 0 Å². The number of imide groups is 2. The second-order valence-electron chi connectivity index (χ2n) is 6.93. The molecule has 0 bridgehead atoms. The molecule has 29 heavy (non-hydrogen) atoms. The standard InChI is InChI=1S/C21H23N3O5/c1-4-9-23-19(26)20(27)24(21(23)28)13-18(25)22(2)12-14-5-6-16-11-17(29-3)8-7-15(16)10-14/h5-8,10-11H,4,9,12-13H2,1-3H3. The van der Waals surface area contributed by atoms with Crippen LogP contribution >= 0.6 is 0 Å². The molecular formula is C21H23N3O5. The number of fused-ring (bicyclic) bond motifs is 1. The van der Waals surface area contributed by atoms with Crippen molar-refractivity contribution in [1.29, 1.82) is 0 Å². The van der Waals surface area contributed by atoms with Gasteiger partial charge in [-0.3, -0.25) is 19.3 Å². The van der Waals surface area contributed by atoms with E-state index >= 15 is 0 Å². The first-order valence-electron chi connectivity index (χ1n) is 9.33. The van der Waals surface area contributed by atoms with E-state index in [0.29, 0.717) is 17.9 Å². The van der Waals surface area contributed by atoms with E-state index in [-0.39, 0.29) is 6.54 Å². The van der Waals surface area contributed by atoms with Gasteiger partial charge in [0.15, 0.2) is 0 Å². The lowest BCUT2D eigenvalue weighted by Gasteiger charge is -2.21. The number of carbonyl (C=O) groups excluding carboxylic acids is 4. The van der Waals surface area contributed by atoms with Crippen LogP contribution < -0.4 is 4.74 Å². The maximum absolute atomic E-state index is 12.5. The molecule has 1 saturated heterocycles. The topological polar surface area (TPSA) is 87.2 Å². The molecule has 0 N–H and O–H groups in total. The first-order chi connectivity index (χ1) is 13.8. The molecule has 152 valence electrons. The number of likely N-dealkylation sites (N-methyl/N-ethyl adjacent to an activating group) is 1. The van der Waals surface area contributed by atoms with Gasteiger partial charge in [0.1, 0.15) is 12.3 Å². The summed E-state index contributed by atoms with van der Waals surface area (Å²) in [6, 6.07) is 10.8. The summed E-state index contributed by atoms with van der Waals surface area (Å²) < 4.78 is 5.22. The van der Waals surface area contributed by atoms with Crippen LogP contribution in [0.15, 0.2) is 36.4 Å². The van der Waals surface area contributed by atoms with E-state index in [9.17, 15) is 19.2 Å². The highest BCUT2D eigenvalue weighted by Crippen LogP contribution is 2.22. The van der Waals surface area contributed by atoms with Crippen LogP contribution in [0.4, 0.5) is 4.79 Å². The fourth-order valence-corrected chi connectivity index (χ4v) is 3.23. The molecule has 0 radical (unpaired) electrons. The molecule has 2 aromatic rings. The summed E-state index contributed by atoms with van der Waals surface area (Å²) in [5, 5.41) is 2.03. The molecule has 1 aliphatic rings. The number of rotatable bonds is 7. The molecule has 8 heteroatoms. The van der Waals surface area contributed by atoms with E-state index in [1.165, 1.54) is 4.90 Å². The van der Waals surface area contributed by atoms with Crippen LogP contribution in [0.1, 0.15) is 18.9 Å². The summed E-state index contributed by atoms with van der Waals surface area (Å²) in [4.78, 5) is 51.8. The summed E-state index contributed by atoms with van der Waals surface area (Å²) in [7, 11) is 3.21. The highest BCUT2D eigenvalue weighted by Gasteiger charge is 2.44. The third kappa shape index (κ3) is 4.06. The number of nitrogens with zero attached hydrogens (tertiary/aromatic N) is 3. The Hall–Kier alpha value is -3.42. The maximum atomic E-state index is 12.5. The first-order valence-corrected chi connectivity index (χ1v) is 9.33. The van der Waals surface area contributed by atoms with E-state index in [4.69, 9.17) is 4.74 Å². The van der Waals surface area contributed by atoms with E-state index < -0.39 is 30.3 Å². The zero-order valence-electron chi connectivity index (χ0n) is 16.7. The minimum atomic E-state index is -0.954. The van der Waals surface area contributed by atoms with Crippen molar-refractivity contribution >= 4 is 34.5 Å². The number of ether oxygens (including phenoxy) is 1. The molecule has 0 unspecified atom stereocenters. The fourth-order valence-electron chi connectivity index (χ4n) is 3.23. The SMILES string of the molecule is CCCN1C(=O)C(=O)N(CC(=O)N(C)Cc2ccc3cc(OC)ccc3c2)C1=O. The Balaban J connectivity index is 1.68. The van der Waals surface area contributed by atoms with Crippen molar-refractivity contribution in [2.24, 2.45) is 0 Å². The van der Waals surface area contributed by atoms with Crippen molar-refractivity contribution < 1.29 is 23.9 Å². The van der Waals surface area contributed by atoms with Crippen molar-refractivity contribution in [2.45, 2.75) is 19.9 Å². The Morgan fingerprint density at radius 1 is 1.00 bits per heavy atom. The average Bonchev–Trinajstić information content (AvgIpc) is 2.91. The van der Waals surface area contributed by atoms with Gasteiger partial charge in [0.2, 0.25) is 5.91 Å². The van der Waals surface area contributed by atoms with Crippen LogP contribution in [-0.4, -0.2) is 65.7 Å². The zero-order chi connectivity index (χ0) is 21.1. The molecule has 1 aliphatic heterocycles. The second-order valence-corrected chi connectivity index (χ2v) is 6.93. The normalized spacial score (nSPS) is 14.1. The predicted octanol–water partition coefficient (Wildman–Crippen LogP) is 2.01. The minimum Gasteiger partial charge on any atom is -0.497 e. The van der Waals surface area contributed by atoms with Crippen LogP contribution in [0.3, 0.4) is 0 Å². The third-order valence-electron chi connectivity index (χ3n) is 4.83. The van der Waals surface area contributed by atoms with E-state index in [1.807, 2.05) is 36.4 Å². The monoisotopic (exact) mass is 397 g/mol. The van der Waals surface area contributed by atoms with Gasteiger partial charge in [-0.2, -0.15) is 0 Å². The summed E-state index contributed by atoms with van der Waals surface area (Å²) in [6.45, 7) is 1.81. The van der Waals surface area contributed by atoms with Crippen molar-refractivity contribution in [3.8, 4) is 5.75 Å². The van der Waals surface area contributed by atoms with Crippen molar-refractivity contribution in [3.05, 3.63) is 42.0 Å². The average molecular weight is 397 g/mol. The summed E-state index contributed by atoms with van der Waals surface area (Å²) in [5.74, 6) is -1.49. The largest absolute Gasteiger partial charge is 0.497 e. The molecule has 1 fully saturated rings. The lowest BCUT2D eigenvalue weighted by Crippen LogP contribution is -2.42. The molecule has 0 spiro atoms. The number of carbonyl (C=O) groups is 4. The van der Waals surface area contributed by atoms with Gasteiger partial charge < -0.3 is 9.64 Å². The Labute approximate surface area is 168 Å². The first kappa shape index (κ1) is 20.3. The Bertz CT molecular complexity index is 987. The summed E-state index contributed by atoms with van der Waals surface area (Å²) >= 11 is 0. The van der Waals surface area contributed by atoms with Gasteiger partial charge in [0, 0.05) is 20.1 Å². The highest BCUT2D eigenvalue weighted by molar-refractivity contribution is 6.45. The third-order valence-corrected chi connectivity index (χ3v) is 4.83. The zero-order valence-corrected chi connectivity index (χ0v) is 16.7. The van der Waals surface area contributed by atoms with E-state index in [2.05, 4.69) is 0 Å². The molecule has 5 amide bonds. The van der Waals surface area contributed by atoms with Gasteiger partial charge in [0.05, 0.1) is 7.11 Å².